The van der Waals surface area contributed by atoms with Gasteiger partial charge in [-0.15, -0.1) is 0 Å². The first-order valence-corrected chi connectivity index (χ1v) is 10.6. The molecule has 1 atom stereocenters. The highest BCUT2D eigenvalue weighted by molar-refractivity contribution is 6.05. The van der Waals surface area contributed by atoms with E-state index in [1.807, 2.05) is 41.9 Å². The molecule has 0 bridgehead atoms. The molecule has 2 aromatic carbocycles. The van der Waals surface area contributed by atoms with E-state index in [0.29, 0.717) is 6.54 Å². The van der Waals surface area contributed by atoms with Gasteiger partial charge in [-0.05, 0) is 37.0 Å². The summed E-state index contributed by atoms with van der Waals surface area (Å²) in [6.45, 7) is 4.33. The molecular formula is C24H27N5O. The van der Waals surface area contributed by atoms with Crippen LogP contribution in [0.15, 0.2) is 53.3 Å². The van der Waals surface area contributed by atoms with E-state index < -0.39 is 0 Å². The lowest BCUT2D eigenvalue weighted by atomic mass is 10.0. The van der Waals surface area contributed by atoms with Crippen LogP contribution in [0.25, 0.3) is 22.1 Å². The lowest BCUT2D eigenvalue weighted by Gasteiger charge is -2.34. The van der Waals surface area contributed by atoms with Gasteiger partial charge in [0.2, 0.25) is 0 Å². The molecule has 0 saturated carbocycles. The van der Waals surface area contributed by atoms with Crippen molar-refractivity contribution in [2.45, 2.75) is 32.4 Å². The highest BCUT2D eigenvalue weighted by atomic mass is 16.1. The van der Waals surface area contributed by atoms with Crippen molar-refractivity contribution >= 4 is 27.8 Å². The topological polar surface area (TPSA) is 69.1 Å². The minimum atomic E-state index is -0.0429. The van der Waals surface area contributed by atoms with Gasteiger partial charge >= 0.3 is 5.69 Å². The number of imidazole rings is 1. The summed E-state index contributed by atoms with van der Waals surface area (Å²) in [4.78, 5) is 20.6. The Bertz CT molecular complexity index is 1300. The summed E-state index contributed by atoms with van der Waals surface area (Å²) in [7, 11) is 1.81. The number of nitrogens with two attached hydrogens (primary N) is 1. The minimum Gasteiger partial charge on any atom is -0.368 e. The molecule has 0 unspecified atom stereocenters. The number of hydrogen-bond donors (Lipinski definition) is 1. The predicted octanol–water partition coefficient (Wildman–Crippen LogP) is 3.17. The third-order valence-corrected chi connectivity index (χ3v) is 6.29. The van der Waals surface area contributed by atoms with Gasteiger partial charge in [-0.25, -0.2) is 9.78 Å². The largest absolute Gasteiger partial charge is 0.368 e. The Kier molecular flexibility index (Phi) is 4.59. The zero-order valence-electron chi connectivity index (χ0n) is 17.5. The van der Waals surface area contributed by atoms with Crippen molar-refractivity contribution in [3.05, 3.63) is 70.1 Å². The maximum absolute atomic E-state index is 13.3. The summed E-state index contributed by atoms with van der Waals surface area (Å²) in [5, 5.41) is 1.07. The normalized spacial score (nSPS) is 17.2. The van der Waals surface area contributed by atoms with Gasteiger partial charge in [0.15, 0.2) is 5.65 Å². The van der Waals surface area contributed by atoms with Gasteiger partial charge in [-0.3, -0.25) is 9.13 Å². The number of piperidine rings is 1. The first-order chi connectivity index (χ1) is 14.5. The van der Waals surface area contributed by atoms with Gasteiger partial charge in [-0.1, -0.05) is 42.5 Å². The fraction of sp³-hybridized carbons (Fsp3) is 0.333. The average Bonchev–Trinajstić information content (AvgIpc) is 2.98. The molecule has 2 N–H and O–H groups in total. The molecule has 6 nitrogen and oxygen atoms in total. The number of fused-ring (bicyclic) bond motifs is 2. The zero-order chi connectivity index (χ0) is 20.8. The molecule has 1 aliphatic heterocycles. The molecule has 1 aliphatic rings. The van der Waals surface area contributed by atoms with E-state index in [9.17, 15) is 4.79 Å². The predicted molar refractivity (Wildman–Crippen MR) is 122 cm³/mol. The number of pyridine rings is 1. The zero-order valence-corrected chi connectivity index (χ0v) is 17.5. The van der Waals surface area contributed by atoms with Gasteiger partial charge < -0.3 is 10.6 Å². The van der Waals surface area contributed by atoms with Crippen LogP contribution < -0.4 is 16.3 Å². The van der Waals surface area contributed by atoms with Gasteiger partial charge in [0, 0.05) is 31.6 Å². The second-order valence-corrected chi connectivity index (χ2v) is 8.35. The Morgan fingerprint density at radius 2 is 1.90 bits per heavy atom. The molecule has 30 heavy (non-hydrogen) atoms. The highest BCUT2D eigenvalue weighted by Crippen LogP contribution is 2.35. The Morgan fingerprint density at radius 1 is 1.13 bits per heavy atom. The van der Waals surface area contributed by atoms with Crippen molar-refractivity contribution in [2.24, 2.45) is 12.8 Å². The van der Waals surface area contributed by atoms with E-state index in [-0.39, 0.29) is 11.7 Å². The molecule has 0 spiro atoms. The molecule has 0 radical (unpaired) electrons. The Hall–Kier alpha value is -3.12. The van der Waals surface area contributed by atoms with Crippen LogP contribution in [-0.4, -0.2) is 33.2 Å². The highest BCUT2D eigenvalue weighted by Gasteiger charge is 2.26. The maximum atomic E-state index is 13.3. The number of para-hydroxylation sites is 1. The summed E-state index contributed by atoms with van der Waals surface area (Å²) in [5.41, 5.74) is 12.2. The van der Waals surface area contributed by atoms with Crippen LogP contribution in [0.2, 0.25) is 0 Å². The van der Waals surface area contributed by atoms with Crippen LogP contribution in [-0.2, 0) is 13.6 Å². The number of rotatable bonds is 3. The third-order valence-electron chi connectivity index (χ3n) is 6.29. The van der Waals surface area contributed by atoms with E-state index in [4.69, 9.17) is 10.7 Å². The van der Waals surface area contributed by atoms with E-state index >= 15 is 0 Å². The molecule has 154 valence electrons. The molecule has 6 heteroatoms. The van der Waals surface area contributed by atoms with Crippen LogP contribution in [0, 0.1) is 6.92 Å². The molecule has 5 rings (SSSR count). The maximum Gasteiger partial charge on any atom is 0.330 e. The first kappa shape index (κ1) is 18.9. The van der Waals surface area contributed by atoms with E-state index in [1.54, 1.807) is 4.57 Å². The Labute approximate surface area is 175 Å². The van der Waals surface area contributed by atoms with Crippen molar-refractivity contribution < 1.29 is 0 Å². The van der Waals surface area contributed by atoms with E-state index in [2.05, 4.69) is 30.0 Å². The number of nitrogens with zero attached hydrogens (tertiary/aromatic N) is 4. The quantitative estimate of drug-likeness (QED) is 0.573. The van der Waals surface area contributed by atoms with Crippen molar-refractivity contribution in [3.8, 4) is 0 Å². The van der Waals surface area contributed by atoms with Gasteiger partial charge in [0.1, 0.15) is 5.52 Å². The molecule has 0 amide bonds. The van der Waals surface area contributed by atoms with Crippen LogP contribution in [0.4, 0.5) is 5.69 Å². The second-order valence-electron chi connectivity index (χ2n) is 8.35. The van der Waals surface area contributed by atoms with Crippen molar-refractivity contribution in [2.75, 3.05) is 18.0 Å². The minimum absolute atomic E-state index is 0.0429. The fourth-order valence-electron chi connectivity index (χ4n) is 4.66. The van der Waals surface area contributed by atoms with Crippen LogP contribution in [0.5, 0.6) is 0 Å². The van der Waals surface area contributed by atoms with Crippen LogP contribution in [0.1, 0.15) is 24.0 Å². The van der Waals surface area contributed by atoms with Crippen molar-refractivity contribution in [1.82, 2.24) is 14.1 Å². The van der Waals surface area contributed by atoms with Crippen molar-refractivity contribution in [3.63, 3.8) is 0 Å². The molecule has 1 saturated heterocycles. The Morgan fingerprint density at radius 3 is 2.70 bits per heavy atom. The number of hydrogen-bond acceptors (Lipinski definition) is 4. The fourth-order valence-corrected chi connectivity index (χ4v) is 4.66. The molecule has 1 fully saturated rings. The lowest BCUT2D eigenvalue weighted by Crippen LogP contribution is -2.43. The number of aromatic nitrogens is 3. The van der Waals surface area contributed by atoms with Gasteiger partial charge in [0.25, 0.3) is 0 Å². The van der Waals surface area contributed by atoms with Crippen molar-refractivity contribution in [1.29, 1.82) is 0 Å². The van der Waals surface area contributed by atoms with E-state index in [1.165, 1.54) is 5.56 Å². The first-order valence-electron chi connectivity index (χ1n) is 10.6. The Balaban J connectivity index is 1.83. The van der Waals surface area contributed by atoms with Crippen LogP contribution in [0.3, 0.4) is 0 Å². The summed E-state index contributed by atoms with van der Waals surface area (Å²) >= 11 is 0. The molecule has 4 aromatic rings. The summed E-state index contributed by atoms with van der Waals surface area (Å²) in [6.07, 6.45) is 2.08. The summed E-state index contributed by atoms with van der Waals surface area (Å²) < 4.78 is 3.56. The second kappa shape index (κ2) is 7.29. The van der Waals surface area contributed by atoms with Gasteiger partial charge in [-0.2, -0.15) is 0 Å². The standard InChI is InChI=1S/C24H27N5O/c1-16-8-3-4-9-17(16)14-29-22-21(28-13-7-10-18(25)15-28)19-11-5-6-12-20(19)26-23(22)27(2)24(29)30/h3-6,8-9,11-12,18H,7,10,13-15,25H2,1-2H3/t18-/m1/s1. The third kappa shape index (κ3) is 2.99. The number of aryl methyl sites for hydroxylation is 2. The lowest BCUT2D eigenvalue weighted by molar-refractivity contribution is 0.507. The number of benzene rings is 2. The summed E-state index contributed by atoms with van der Waals surface area (Å²) in [5.74, 6) is 0. The van der Waals surface area contributed by atoms with E-state index in [0.717, 1.165) is 59.2 Å². The summed E-state index contributed by atoms with van der Waals surface area (Å²) in [6, 6.07) is 16.5. The molecule has 3 heterocycles. The number of anilines is 1. The smallest absolute Gasteiger partial charge is 0.330 e. The molecular weight excluding hydrogens is 374 g/mol. The molecule has 0 aliphatic carbocycles. The van der Waals surface area contributed by atoms with Gasteiger partial charge in [0.05, 0.1) is 17.7 Å². The SMILES string of the molecule is Cc1ccccc1Cn1c(=O)n(C)c2nc3ccccc3c(N3CCC[C@@H](N)C3)c21. The monoisotopic (exact) mass is 401 g/mol. The van der Waals surface area contributed by atoms with Crippen LogP contribution >= 0.6 is 0 Å². The average molecular weight is 402 g/mol. The molecule has 2 aromatic heterocycles.